The number of rotatable bonds is 1. The summed E-state index contributed by atoms with van der Waals surface area (Å²) in [6.45, 7) is 0. The number of hydrogen-bond acceptors (Lipinski definition) is 1. The summed E-state index contributed by atoms with van der Waals surface area (Å²) < 4.78 is 2.13. The average molecular weight is 491 g/mol. The van der Waals surface area contributed by atoms with Crippen LogP contribution in [0.3, 0.4) is 0 Å². The molecule has 0 spiro atoms. The monoisotopic (exact) mass is 489 g/mol. The maximum Gasteiger partial charge on any atom is 0.140 e. The fourth-order valence-electron chi connectivity index (χ4n) is 4.06. The Morgan fingerprint density at radius 1 is 0.714 bits per heavy atom. The minimum absolute atomic E-state index is 0.875. The van der Waals surface area contributed by atoms with Crippen molar-refractivity contribution in [1.82, 2.24) is 15.0 Å². The van der Waals surface area contributed by atoms with E-state index in [0.29, 0.717) is 0 Å². The molecule has 0 saturated carbocycles. The van der Waals surface area contributed by atoms with E-state index in [1.165, 1.54) is 16.2 Å². The first-order valence-electron chi connectivity index (χ1n) is 8.96. The quantitative estimate of drug-likeness (QED) is 0.230. The zero-order valence-corrected chi connectivity index (χ0v) is 17.7. The summed E-state index contributed by atoms with van der Waals surface area (Å²) in [7, 11) is 0. The molecule has 0 amide bonds. The van der Waals surface area contributed by atoms with Gasteiger partial charge in [0.25, 0.3) is 0 Å². The molecule has 2 aromatic heterocycles. The number of halogens is 2. The lowest BCUT2D eigenvalue weighted by Crippen LogP contribution is -1.82. The zero-order valence-electron chi connectivity index (χ0n) is 14.6. The number of fused-ring (bicyclic) bond motifs is 7. The van der Waals surface area contributed by atoms with Crippen molar-refractivity contribution in [3.8, 4) is 11.4 Å². The van der Waals surface area contributed by atoms with Crippen LogP contribution in [0.15, 0.2) is 75.8 Å². The van der Waals surface area contributed by atoms with Gasteiger partial charge in [0.2, 0.25) is 0 Å². The average Bonchev–Trinajstić information content (AvgIpc) is 3.32. The highest BCUT2D eigenvalue weighted by molar-refractivity contribution is 9.10. The molecule has 0 aliphatic heterocycles. The lowest BCUT2D eigenvalue weighted by atomic mass is 10.0. The number of hydrogen-bond donors (Lipinski definition) is 2. The van der Waals surface area contributed by atoms with Gasteiger partial charge in [-0.25, -0.2) is 4.98 Å². The van der Waals surface area contributed by atoms with Crippen LogP contribution >= 0.6 is 31.9 Å². The number of benzene rings is 4. The van der Waals surface area contributed by atoms with Gasteiger partial charge in [-0.15, -0.1) is 0 Å². The van der Waals surface area contributed by atoms with Crippen molar-refractivity contribution in [1.29, 1.82) is 0 Å². The van der Waals surface area contributed by atoms with Gasteiger partial charge in [-0.05, 0) is 41.1 Å². The molecule has 6 aromatic rings. The van der Waals surface area contributed by atoms with E-state index in [2.05, 4.69) is 96.4 Å². The second-order valence-corrected chi connectivity index (χ2v) is 8.77. The Labute approximate surface area is 177 Å². The second kappa shape index (κ2) is 5.93. The van der Waals surface area contributed by atoms with E-state index in [9.17, 15) is 0 Å². The molecule has 0 bridgehead atoms. The van der Waals surface area contributed by atoms with E-state index >= 15 is 0 Å². The number of H-pyrrole nitrogens is 2. The van der Waals surface area contributed by atoms with Gasteiger partial charge < -0.3 is 9.97 Å². The van der Waals surface area contributed by atoms with E-state index in [-0.39, 0.29) is 0 Å². The van der Waals surface area contributed by atoms with Gasteiger partial charge in [0.1, 0.15) is 5.82 Å². The number of nitrogens with one attached hydrogen (secondary N) is 2. The molecular weight excluding hydrogens is 478 g/mol. The van der Waals surface area contributed by atoms with Gasteiger partial charge in [-0.2, -0.15) is 0 Å². The van der Waals surface area contributed by atoms with Crippen molar-refractivity contribution in [2.24, 2.45) is 0 Å². The Balaban J connectivity index is 1.76. The predicted molar refractivity (Wildman–Crippen MR) is 124 cm³/mol. The molecule has 4 aromatic carbocycles. The number of aromatic nitrogens is 3. The highest BCUT2D eigenvalue weighted by atomic mass is 79.9. The van der Waals surface area contributed by atoms with Gasteiger partial charge in [0.05, 0.1) is 11.0 Å². The van der Waals surface area contributed by atoms with Gasteiger partial charge >= 0.3 is 0 Å². The van der Waals surface area contributed by atoms with E-state index in [0.717, 1.165) is 47.7 Å². The molecule has 0 fully saturated rings. The first-order valence-corrected chi connectivity index (χ1v) is 10.5. The van der Waals surface area contributed by atoms with Crippen molar-refractivity contribution >= 4 is 75.3 Å². The van der Waals surface area contributed by atoms with Gasteiger partial charge in [0, 0.05) is 42.4 Å². The first kappa shape index (κ1) is 16.3. The van der Waals surface area contributed by atoms with Gasteiger partial charge in [0.15, 0.2) is 0 Å². The molecule has 0 saturated heterocycles. The second-order valence-electron chi connectivity index (χ2n) is 6.94. The lowest BCUT2D eigenvalue weighted by molar-refractivity contribution is 1.34. The zero-order chi connectivity index (χ0) is 18.8. The maximum absolute atomic E-state index is 5.03. The maximum atomic E-state index is 5.03. The summed E-state index contributed by atoms with van der Waals surface area (Å²) in [6.07, 6.45) is 2.02. The molecule has 2 N–H and O–H groups in total. The van der Waals surface area contributed by atoms with E-state index in [1.54, 1.807) is 0 Å². The summed E-state index contributed by atoms with van der Waals surface area (Å²) in [5.74, 6) is 0.875. The van der Waals surface area contributed by atoms with Crippen LogP contribution in [0.25, 0.3) is 54.9 Å². The van der Waals surface area contributed by atoms with Crippen LogP contribution < -0.4 is 0 Å². The van der Waals surface area contributed by atoms with Crippen LogP contribution in [0.4, 0.5) is 0 Å². The lowest BCUT2D eigenvalue weighted by Gasteiger charge is -2.06. The Bertz CT molecular complexity index is 1540. The summed E-state index contributed by atoms with van der Waals surface area (Å²) >= 11 is 7.20. The smallest absolute Gasteiger partial charge is 0.140 e. The van der Waals surface area contributed by atoms with Crippen LogP contribution in [0.5, 0.6) is 0 Å². The third kappa shape index (κ3) is 2.30. The third-order valence-electron chi connectivity index (χ3n) is 5.33. The van der Waals surface area contributed by atoms with E-state index in [1.807, 2.05) is 12.3 Å². The summed E-state index contributed by atoms with van der Waals surface area (Å²) in [5, 5.41) is 5.91. The van der Waals surface area contributed by atoms with Crippen LogP contribution in [-0.4, -0.2) is 15.0 Å². The highest BCUT2D eigenvalue weighted by Crippen LogP contribution is 2.37. The summed E-state index contributed by atoms with van der Waals surface area (Å²) in [6, 6.07) is 21.1. The Morgan fingerprint density at radius 2 is 1.46 bits per heavy atom. The topological polar surface area (TPSA) is 44.5 Å². The third-order valence-corrected chi connectivity index (χ3v) is 6.31. The van der Waals surface area contributed by atoms with Crippen LogP contribution in [0.2, 0.25) is 0 Å². The fourth-order valence-corrected chi connectivity index (χ4v) is 4.78. The minimum atomic E-state index is 0.875. The highest BCUT2D eigenvalue weighted by Gasteiger charge is 2.16. The van der Waals surface area contributed by atoms with Crippen LogP contribution in [0.1, 0.15) is 0 Å². The molecule has 0 atom stereocenters. The molecule has 0 radical (unpaired) electrons. The number of imidazole rings is 1. The molecule has 0 unspecified atom stereocenters. The van der Waals surface area contributed by atoms with E-state index in [4.69, 9.17) is 4.98 Å². The Hall–Kier alpha value is -2.63. The molecule has 0 aliphatic carbocycles. The molecule has 3 nitrogen and oxygen atoms in total. The summed E-state index contributed by atoms with van der Waals surface area (Å²) in [4.78, 5) is 12.0. The Kier molecular flexibility index (Phi) is 3.46. The van der Waals surface area contributed by atoms with Crippen LogP contribution in [0, 0.1) is 0 Å². The molecular formula is C23H13Br2N3. The molecule has 28 heavy (non-hydrogen) atoms. The minimum Gasteiger partial charge on any atom is -0.360 e. The fraction of sp³-hybridized carbons (Fsp3) is 0. The van der Waals surface area contributed by atoms with Crippen molar-refractivity contribution in [3.05, 3.63) is 75.8 Å². The Morgan fingerprint density at radius 3 is 2.32 bits per heavy atom. The molecule has 0 aliphatic rings. The van der Waals surface area contributed by atoms with Crippen molar-refractivity contribution < 1.29 is 0 Å². The van der Waals surface area contributed by atoms with E-state index < -0.39 is 0 Å². The number of aromatic amines is 2. The van der Waals surface area contributed by atoms with Crippen molar-refractivity contribution in [2.75, 3.05) is 0 Å². The molecule has 134 valence electrons. The number of nitrogens with zero attached hydrogens (tertiary/aromatic N) is 1. The van der Waals surface area contributed by atoms with Gasteiger partial charge in [-0.3, -0.25) is 0 Å². The molecule has 2 heterocycles. The normalized spacial score (nSPS) is 11.9. The predicted octanol–water partition coefficient (Wildman–Crippen LogP) is 7.54. The largest absolute Gasteiger partial charge is 0.360 e. The summed E-state index contributed by atoms with van der Waals surface area (Å²) in [5.41, 5.74) is 4.24. The first-order chi connectivity index (χ1) is 13.7. The standard InChI is InChI=1S/C23H13Br2N3/c24-12-5-7-16-17(9-12)14-3-1-2-4-15(14)21-22(16)28-23(27-21)19-11-26-20-8-6-13(25)10-18(19)20/h1-11,26H,(H,27,28). The SMILES string of the molecule is Brc1ccc2[nH]cc(-c3nc4c5ccccc5c5cc(Br)ccc5c4[nH]3)c2c1. The van der Waals surface area contributed by atoms with Gasteiger partial charge in [-0.1, -0.05) is 62.2 Å². The van der Waals surface area contributed by atoms with Crippen molar-refractivity contribution in [3.63, 3.8) is 0 Å². The van der Waals surface area contributed by atoms with Crippen LogP contribution in [-0.2, 0) is 0 Å². The van der Waals surface area contributed by atoms with Crippen molar-refractivity contribution in [2.45, 2.75) is 0 Å². The molecule has 5 heteroatoms. The molecule has 6 rings (SSSR count).